The molecular formula is C20H21ClN2O6. The molecule has 2 aromatic rings. The Morgan fingerprint density at radius 3 is 2.45 bits per heavy atom. The Labute approximate surface area is 172 Å². The van der Waals surface area contributed by atoms with Gasteiger partial charge in [0.15, 0.2) is 18.1 Å². The average Bonchev–Trinajstić information content (AvgIpc) is 3.42. The molecule has 0 atom stereocenters. The summed E-state index contributed by atoms with van der Waals surface area (Å²) in [7, 11) is 2.85. The van der Waals surface area contributed by atoms with E-state index in [0.29, 0.717) is 24.5 Å². The molecule has 8 nitrogen and oxygen atoms in total. The molecule has 1 amide bonds. The van der Waals surface area contributed by atoms with Crippen LogP contribution in [0.15, 0.2) is 24.4 Å². The van der Waals surface area contributed by atoms with Crippen molar-refractivity contribution >= 4 is 29.3 Å². The minimum absolute atomic E-state index is 0.124. The van der Waals surface area contributed by atoms with E-state index in [1.54, 1.807) is 4.90 Å². The van der Waals surface area contributed by atoms with Crippen molar-refractivity contribution in [1.29, 1.82) is 0 Å². The zero-order chi connectivity index (χ0) is 21.0. The zero-order valence-corrected chi connectivity index (χ0v) is 16.9. The first-order valence-corrected chi connectivity index (χ1v) is 9.42. The van der Waals surface area contributed by atoms with Gasteiger partial charge in [-0.3, -0.25) is 9.59 Å². The molecule has 1 saturated heterocycles. The Balaban J connectivity index is 1.63. The number of carbonyl (C=O) groups is 3. The summed E-state index contributed by atoms with van der Waals surface area (Å²) >= 11 is 6.08. The van der Waals surface area contributed by atoms with Gasteiger partial charge in [-0.15, -0.1) is 0 Å². The van der Waals surface area contributed by atoms with Crippen LogP contribution in [0.3, 0.4) is 0 Å². The summed E-state index contributed by atoms with van der Waals surface area (Å²) in [6, 6.07) is 4.27. The number of H-pyrrole nitrogens is 1. The van der Waals surface area contributed by atoms with Crippen LogP contribution in [0.1, 0.15) is 44.0 Å². The first kappa shape index (κ1) is 20.7. The molecule has 1 N–H and O–H groups in total. The molecule has 0 bridgehead atoms. The molecule has 154 valence electrons. The molecule has 1 fully saturated rings. The van der Waals surface area contributed by atoms with Crippen molar-refractivity contribution in [3.8, 4) is 11.5 Å². The molecule has 1 aromatic heterocycles. The topological polar surface area (TPSA) is 97.9 Å². The van der Waals surface area contributed by atoms with Gasteiger partial charge in [0.1, 0.15) is 5.69 Å². The number of rotatable bonds is 7. The Morgan fingerprint density at radius 2 is 1.79 bits per heavy atom. The lowest BCUT2D eigenvalue weighted by Gasteiger charge is -2.13. The Bertz CT molecular complexity index is 933. The molecule has 9 heteroatoms. The van der Waals surface area contributed by atoms with Crippen LogP contribution in [0.25, 0.3) is 0 Å². The number of nitrogens with zero attached hydrogens (tertiary/aromatic N) is 1. The van der Waals surface area contributed by atoms with Gasteiger partial charge in [0, 0.05) is 24.8 Å². The van der Waals surface area contributed by atoms with Gasteiger partial charge in [0.25, 0.3) is 5.91 Å². The molecule has 1 aliphatic heterocycles. The number of nitrogens with one attached hydrogen (secondary N) is 1. The molecule has 1 aliphatic rings. The van der Waals surface area contributed by atoms with E-state index in [1.807, 2.05) is 0 Å². The van der Waals surface area contributed by atoms with Crippen LogP contribution in [0.4, 0.5) is 0 Å². The molecule has 0 unspecified atom stereocenters. The van der Waals surface area contributed by atoms with E-state index < -0.39 is 18.4 Å². The van der Waals surface area contributed by atoms with Gasteiger partial charge in [-0.2, -0.15) is 0 Å². The van der Waals surface area contributed by atoms with E-state index in [0.717, 1.165) is 12.8 Å². The molecule has 0 aliphatic carbocycles. The Morgan fingerprint density at radius 1 is 1.07 bits per heavy atom. The van der Waals surface area contributed by atoms with Crippen LogP contribution in [-0.2, 0) is 4.74 Å². The largest absolute Gasteiger partial charge is 0.493 e. The lowest BCUT2D eigenvalue weighted by Crippen LogP contribution is -2.27. The van der Waals surface area contributed by atoms with Crippen molar-refractivity contribution in [2.45, 2.75) is 12.8 Å². The fourth-order valence-corrected chi connectivity index (χ4v) is 3.39. The third-order valence-electron chi connectivity index (χ3n) is 4.63. The summed E-state index contributed by atoms with van der Waals surface area (Å²) in [4.78, 5) is 41.5. The maximum atomic E-state index is 12.3. The van der Waals surface area contributed by atoms with Crippen molar-refractivity contribution in [2.75, 3.05) is 33.9 Å². The first-order valence-electron chi connectivity index (χ1n) is 9.04. The van der Waals surface area contributed by atoms with Gasteiger partial charge in [-0.05, 0) is 31.0 Å². The number of carbonyl (C=O) groups excluding carboxylic acids is 3. The predicted molar refractivity (Wildman–Crippen MR) is 105 cm³/mol. The van der Waals surface area contributed by atoms with Crippen LogP contribution < -0.4 is 9.47 Å². The SMILES string of the molecule is COc1cc(C(=O)OCC(=O)c2c[nH]c(C(=O)N3CCCC3)c2)cc(Cl)c1OC. The molecule has 0 radical (unpaired) electrons. The zero-order valence-electron chi connectivity index (χ0n) is 16.1. The van der Waals surface area contributed by atoms with Crippen LogP contribution in [-0.4, -0.2) is 61.5 Å². The molecule has 1 aromatic carbocycles. The molecule has 29 heavy (non-hydrogen) atoms. The van der Waals surface area contributed by atoms with Crippen molar-refractivity contribution in [1.82, 2.24) is 9.88 Å². The number of ketones is 1. The highest BCUT2D eigenvalue weighted by Crippen LogP contribution is 2.36. The van der Waals surface area contributed by atoms with Gasteiger partial charge in [0.2, 0.25) is 5.78 Å². The van der Waals surface area contributed by atoms with E-state index >= 15 is 0 Å². The number of hydrogen-bond acceptors (Lipinski definition) is 6. The Hall–Kier alpha value is -3.00. The minimum atomic E-state index is -0.731. The highest BCUT2D eigenvalue weighted by atomic mass is 35.5. The first-order chi connectivity index (χ1) is 13.9. The van der Waals surface area contributed by atoms with Gasteiger partial charge >= 0.3 is 5.97 Å². The number of benzene rings is 1. The highest BCUT2D eigenvalue weighted by molar-refractivity contribution is 6.32. The molecule has 0 saturated carbocycles. The fourth-order valence-electron chi connectivity index (χ4n) is 3.10. The second-order valence-corrected chi connectivity index (χ2v) is 6.90. The smallest absolute Gasteiger partial charge is 0.338 e. The third kappa shape index (κ3) is 4.54. The van der Waals surface area contributed by atoms with Gasteiger partial charge in [0.05, 0.1) is 24.8 Å². The minimum Gasteiger partial charge on any atom is -0.493 e. The van der Waals surface area contributed by atoms with Crippen molar-refractivity contribution in [3.05, 3.63) is 46.2 Å². The summed E-state index contributed by atoms with van der Waals surface area (Å²) in [6.45, 7) is 0.958. The van der Waals surface area contributed by atoms with E-state index in [4.69, 9.17) is 25.8 Å². The average molecular weight is 421 g/mol. The number of ether oxygens (including phenoxy) is 3. The van der Waals surface area contributed by atoms with Gasteiger partial charge in [-0.25, -0.2) is 4.79 Å². The summed E-state index contributed by atoms with van der Waals surface area (Å²) in [5.74, 6) is -0.733. The molecular weight excluding hydrogens is 400 g/mol. The van der Waals surface area contributed by atoms with E-state index in [9.17, 15) is 14.4 Å². The van der Waals surface area contributed by atoms with E-state index in [1.165, 1.54) is 38.6 Å². The van der Waals surface area contributed by atoms with Crippen LogP contribution >= 0.6 is 11.6 Å². The third-order valence-corrected chi connectivity index (χ3v) is 4.91. The highest BCUT2D eigenvalue weighted by Gasteiger charge is 2.22. The second-order valence-electron chi connectivity index (χ2n) is 6.49. The number of aromatic amines is 1. The van der Waals surface area contributed by atoms with Crippen molar-refractivity contribution < 1.29 is 28.6 Å². The van der Waals surface area contributed by atoms with E-state index in [-0.39, 0.29) is 27.8 Å². The van der Waals surface area contributed by atoms with Crippen molar-refractivity contribution in [3.63, 3.8) is 0 Å². The molecule has 0 spiro atoms. The quantitative estimate of drug-likeness (QED) is 0.546. The number of methoxy groups -OCH3 is 2. The number of likely N-dealkylation sites (tertiary alicyclic amines) is 1. The van der Waals surface area contributed by atoms with E-state index in [2.05, 4.69) is 4.98 Å². The number of Topliss-reactive ketones (excluding diaryl/α,β-unsaturated/α-hetero) is 1. The van der Waals surface area contributed by atoms with Crippen LogP contribution in [0.2, 0.25) is 5.02 Å². The summed E-state index contributed by atoms with van der Waals surface area (Å²) in [5, 5.41) is 0.181. The van der Waals surface area contributed by atoms with Crippen molar-refractivity contribution in [2.24, 2.45) is 0 Å². The normalized spacial score (nSPS) is 13.3. The molecule has 2 heterocycles. The fraction of sp³-hybridized carbons (Fsp3) is 0.350. The molecule has 3 rings (SSSR count). The number of amides is 1. The number of hydrogen-bond donors (Lipinski definition) is 1. The lowest BCUT2D eigenvalue weighted by molar-refractivity contribution is 0.0474. The number of halogens is 1. The monoisotopic (exact) mass is 420 g/mol. The van der Waals surface area contributed by atoms with Crippen LogP contribution in [0.5, 0.6) is 11.5 Å². The van der Waals surface area contributed by atoms with Gasteiger partial charge < -0.3 is 24.1 Å². The van der Waals surface area contributed by atoms with Crippen LogP contribution in [0, 0.1) is 0 Å². The standard InChI is InChI=1S/C20H21ClN2O6/c1-27-17-9-12(7-14(21)18(17)28-2)20(26)29-11-16(24)13-8-15(22-10-13)19(25)23-5-3-4-6-23/h7-10,22H,3-6,11H2,1-2H3. The summed E-state index contributed by atoms with van der Waals surface area (Å²) in [5.41, 5.74) is 0.735. The predicted octanol–water partition coefficient (Wildman–Crippen LogP) is 2.96. The second kappa shape index (κ2) is 9.00. The number of esters is 1. The Kier molecular flexibility index (Phi) is 6.43. The number of aromatic nitrogens is 1. The maximum absolute atomic E-state index is 12.3. The van der Waals surface area contributed by atoms with Gasteiger partial charge in [-0.1, -0.05) is 11.6 Å². The summed E-state index contributed by atoms with van der Waals surface area (Å²) < 4.78 is 15.4. The lowest BCUT2D eigenvalue weighted by atomic mass is 10.2. The summed E-state index contributed by atoms with van der Waals surface area (Å²) in [6.07, 6.45) is 3.40. The maximum Gasteiger partial charge on any atom is 0.338 e.